The summed E-state index contributed by atoms with van der Waals surface area (Å²) >= 11 is 1.36. The van der Waals surface area contributed by atoms with Crippen LogP contribution in [-0.4, -0.2) is 16.1 Å². The molecule has 1 aromatic rings. The average Bonchev–Trinajstić information content (AvgIpc) is 2.78. The molecule has 0 aliphatic heterocycles. The lowest BCUT2D eigenvalue weighted by Crippen LogP contribution is -2.23. The molecule has 1 aromatic heterocycles. The topological polar surface area (TPSA) is 76.2 Å². The Hall–Kier alpha value is -0.940. The summed E-state index contributed by atoms with van der Waals surface area (Å²) in [6.45, 7) is 0. The summed E-state index contributed by atoms with van der Waals surface area (Å²) in [6, 6.07) is -0.0848. The van der Waals surface area contributed by atoms with Crippen molar-refractivity contribution in [1.82, 2.24) is 4.98 Å². The van der Waals surface area contributed by atoms with Crippen molar-refractivity contribution >= 4 is 17.3 Å². The van der Waals surface area contributed by atoms with E-state index in [1.165, 1.54) is 30.6 Å². The molecule has 4 nitrogen and oxygen atoms in total. The van der Waals surface area contributed by atoms with E-state index in [0.29, 0.717) is 5.92 Å². The highest BCUT2D eigenvalue weighted by atomic mass is 32.1. The Morgan fingerprint density at radius 2 is 2.19 bits per heavy atom. The van der Waals surface area contributed by atoms with Gasteiger partial charge in [0.2, 0.25) is 0 Å². The molecule has 3 N–H and O–H groups in total. The Labute approximate surface area is 98.5 Å². The highest BCUT2D eigenvalue weighted by Crippen LogP contribution is 2.33. The van der Waals surface area contributed by atoms with E-state index in [0.717, 1.165) is 17.8 Å². The molecule has 1 fully saturated rings. The molecule has 1 heterocycles. The fourth-order valence-electron chi connectivity index (χ4n) is 2.23. The Kier molecular flexibility index (Phi) is 3.56. The fraction of sp³-hybridized carbons (Fsp3) is 0.636. The van der Waals surface area contributed by atoms with Crippen molar-refractivity contribution in [3.63, 3.8) is 0 Å². The minimum Gasteiger partial charge on any atom is -0.476 e. The molecular weight excluding hydrogens is 224 g/mol. The van der Waals surface area contributed by atoms with Gasteiger partial charge in [0.05, 0.1) is 6.04 Å². The summed E-state index contributed by atoms with van der Waals surface area (Å²) in [7, 11) is 0. The average molecular weight is 240 g/mol. The molecule has 0 radical (unpaired) electrons. The molecule has 0 amide bonds. The van der Waals surface area contributed by atoms with Gasteiger partial charge >= 0.3 is 5.97 Å². The molecule has 1 atom stereocenters. The second kappa shape index (κ2) is 4.93. The van der Waals surface area contributed by atoms with Crippen LogP contribution >= 0.6 is 11.3 Å². The van der Waals surface area contributed by atoms with Crippen LogP contribution in [0, 0.1) is 5.92 Å². The minimum atomic E-state index is -0.974. The molecule has 2 rings (SSSR count). The number of thiazole rings is 1. The van der Waals surface area contributed by atoms with Crippen molar-refractivity contribution in [2.75, 3.05) is 0 Å². The van der Waals surface area contributed by atoms with Crippen LogP contribution in [0.5, 0.6) is 0 Å². The van der Waals surface area contributed by atoms with Crippen LogP contribution in [0.4, 0.5) is 0 Å². The van der Waals surface area contributed by atoms with Gasteiger partial charge in [0.15, 0.2) is 5.69 Å². The first-order valence-electron chi connectivity index (χ1n) is 5.63. The van der Waals surface area contributed by atoms with Crippen molar-refractivity contribution in [3.8, 4) is 0 Å². The Morgan fingerprint density at radius 3 is 2.75 bits per heavy atom. The normalized spacial score (nSPS) is 19.6. The van der Waals surface area contributed by atoms with Crippen LogP contribution < -0.4 is 5.73 Å². The van der Waals surface area contributed by atoms with Gasteiger partial charge < -0.3 is 10.8 Å². The number of nitrogens with two attached hydrogens (primary N) is 1. The quantitative estimate of drug-likeness (QED) is 0.850. The van der Waals surface area contributed by atoms with Gasteiger partial charge in [-0.1, -0.05) is 19.3 Å². The number of aromatic carboxylic acids is 1. The van der Waals surface area contributed by atoms with Crippen LogP contribution in [0.1, 0.15) is 53.6 Å². The molecule has 1 unspecified atom stereocenters. The van der Waals surface area contributed by atoms with Gasteiger partial charge in [-0.05, 0) is 18.8 Å². The fourth-order valence-corrected chi connectivity index (χ4v) is 3.12. The zero-order chi connectivity index (χ0) is 11.5. The van der Waals surface area contributed by atoms with Crippen LogP contribution in [0.25, 0.3) is 0 Å². The lowest BCUT2D eigenvalue weighted by atomic mass is 9.84. The number of nitrogens with zero attached hydrogens (tertiary/aromatic N) is 1. The molecular formula is C11H16N2O2S. The number of carboxylic acids is 1. The van der Waals surface area contributed by atoms with Gasteiger partial charge in [-0.25, -0.2) is 9.78 Å². The summed E-state index contributed by atoms with van der Waals surface area (Å²) in [5.41, 5.74) is 6.26. The molecule has 0 spiro atoms. The number of hydrogen-bond donors (Lipinski definition) is 2. The minimum absolute atomic E-state index is 0.0848. The second-order valence-corrected chi connectivity index (χ2v) is 5.19. The lowest BCUT2D eigenvalue weighted by molar-refractivity contribution is 0.0691. The Bertz CT molecular complexity index is 372. The first-order chi connectivity index (χ1) is 7.68. The van der Waals surface area contributed by atoms with Gasteiger partial charge in [-0.2, -0.15) is 0 Å². The van der Waals surface area contributed by atoms with Crippen molar-refractivity contribution < 1.29 is 9.90 Å². The smallest absolute Gasteiger partial charge is 0.355 e. The third-order valence-corrected chi connectivity index (χ3v) is 4.13. The van der Waals surface area contributed by atoms with Crippen molar-refractivity contribution in [2.24, 2.45) is 11.7 Å². The maximum atomic E-state index is 10.7. The molecule has 16 heavy (non-hydrogen) atoms. The highest BCUT2D eigenvalue weighted by molar-refractivity contribution is 7.09. The Morgan fingerprint density at radius 1 is 1.50 bits per heavy atom. The molecule has 88 valence electrons. The lowest BCUT2D eigenvalue weighted by Gasteiger charge is -2.25. The van der Waals surface area contributed by atoms with E-state index in [9.17, 15) is 4.79 Å². The largest absolute Gasteiger partial charge is 0.476 e. The number of carboxylic acid groups (broad SMARTS) is 1. The number of rotatable bonds is 3. The summed E-state index contributed by atoms with van der Waals surface area (Å²) in [4.78, 5) is 14.8. The molecule has 0 bridgehead atoms. The molecule has 1 saturated carbocycles. The standard InChI is InChI=1S/C11H16N2O2S/c12-9(7-4-2-1-3-5-7)10-13-8(6-16-10)11(14)15/h6-7,9H,1-5,12H2,(H,14,15). The Balaban J connectivity index is 2.07. The van der Waals surface area contributed by atoms with Crippen molar-refractivity contribution in [3.05, 3.63) is 16.1 Å². The molecule has 1 aliphatic rings. The molecule has 1 aliphatic carbocycles. The van der Waals surface area contributed by atoms with Crippen LogP contribution in [0.2, 0.25) is 0 Å². The molecule has 0 aromatic carbocycles. The van der Waals surface area contributed by atoms with Gasteiger partial charge in [-0.15, -0.1) is 11.3 Å². The van der Waals surface area contributed by atoms with E-state index in [-0.39, 0.29) is 11.7 Å². The summed E-state index contributed by atoms with van der Waals surface area (Å²) in [6.07, 6.45) is 6.04. The zero-order valence-electron chi connectivity index (χ0n) is 9.06. The van der Waals surface area contributed by atoms with Crippen LogP contribution in [0.15, 0.2) is 5.38 Å². The van der Waals surface area contributed by atoms with Crippen molar-refractivity contribution in [2.45, 2.75) is 38.1 Å². The predicted octanol–water partition coefficient (Wildman–Crippen LogP) is 2.42. The molecule has 0 saturated heterocycles. The van der Waals surface area contributed by atoms with Crippen molar-refractivity contribution in [1.29, 1.82) is 0 Å². The van der Waals surface area contributed by atoms with Gasteiger partial charge in [0, 0.05) is 5.38 Å². The highest BCUT2D eigenvalue weighted by Gasteiger charge is 2.24. The predicted molar refractivity (Wildman–Crippen MR) is 62.6 cm³/mol. The third-order valence-electron chi connectivity index (χ3n) is 3.18. The van der Waals surface area contributed by atoms with Crippen LogP contribution in [0.3, 0.4) is 0 Å². The monoisotopic (exact) mass is 240 g/mol. The van der Waals surface area contributed by atoms with Crippen LogP contribution in [-0.2, 0) is 0 Å². The van der Waals surface area contributed by atoms with Gasteiger partial charge in [0.1, 0.15) is 5.01 Å². The number of hydrogen-bond acceptors (Lipinski definition) is 4. The molecule has 5 heteroatoms. The summed E-state index contributed by atoms with van der Waals surface area (Å²) < 4.78 is 0. The number of carbonyl (C=O) groups is 1. The summed E-state index contributed by atoms with van der Waals surface area (Å²) in [5, 5.41) is 11.1. The van der Waals surface area contributed by atoms with E-state index in [2.05, 4.69) is 4.98 Å². The number of aromatic nitrogens is 1. The van der Waals surface area contributed by atoms with E-state index < -0.39 is 5.97 Å². The van der Waals surface area contributed by atoms with E-state index in [1.54, 1.807) is 5.38 Å². The first-order valence-corrected chi connectivity index (χ1v) is 6.50. The van der Waals surface area contributed by atoms with Gasteiger partial charge in [0.25, 0.3) is 0 Å². The van der Waals surface area contributed by atoms with E-state index in [1.807, 2.05) is 0 Å². The van der Waals surface area contributed by atoms with E-state index >= 15 is 0 Å². The van der Waals surface area contributed by atoms with Gasteiger partial charge in [-0.3, -0.25) is 0 Å². The SMILES string of the molecule is NC(c1nc(C(=O)O)cs1)C1CCCCC1. The van der Waals surface area contributed by atoms with E-state index in [4.69, 9.17) is 10.8 Å². The summed E-state index contributed by atoms with van der Waals surface area (Å²) in [5.74, 6) is -0.500. The first kappa shape index (κ1) is 11.5. The second-order valence-electron chi connectivity index (χ2n) is 4.30. The maximum absolute atomic E-state index is 10.7. The maximum Gasteiger partial charge on any atom is 0.355 e. The zero-order valence-corrected chi connectivity index (χ0v) is 9.87. The third kappa shape index (κ3) is 2.41.